The first-order chi connectivity index (χ1) is 8.81. The predicted octanol–water partition coefficient (Wildman–Crippen LogP) is 1.85. The van der Waals surface area contributed by atoms with Gasteiger partial charge in [-0.15, -0.1) is 0 Å². The number of benzene rings is 1. The van der Waals surface area contributed by atoms with Gasteiger partial charge in [-0.1, -0.05) is 6.07 Å². The predicted molar refractivity (Wildman–Crippen MR) is 75.8 cm³/mol. The average molecular weight is 298 g/mol. The van der Waals surface area contributed by atoms with Crippen molar-refractivity contribution in [2.45, 2.75) is 25.7 Å². The molecule has 0 aliphatic rings. The highest BCUT2D eigenvalue weighted by Crippen LogP contribution is 2.27. The molecule has 0 saturated heterocycles. The third-order valence-corrected chi connectivity index (χ3v) is 5.14. The lowest BCUT2D eigenvalue weighted by Crippen LogP contribution is -2.16. The number of nitrogen functional groups attached to an aromatic ring is 1. The fourth-order valence-corrected chi connectivity index (χ4v) is 4.06. The molecule has 1 aromatic carbocycles. The minimum absolute atomic E-state index is 0.195. The van der Waals surface area contributed by atoms with E-state index in [0.717, 1.165) is 11.5 Å². The minimum Gasteiger partial charge on any atom is -0.398 e. The Bertz CT molecular complexity index is 722. The lowest BCUT2D eigenvalue weighted by Gasteiger charge is -2.12. The molecule has 0 spiro atoms. The molecule has 0 aliphatic heterocycles. The van der Waals surface area contributed by atoms with Crippen LogP contribution >= 0.6 is 11.5 Å². The molecule has 6 nitrogen and oxygen atoms in total. The van der Waals surface area contributed by atoms with E-state index >= 15 is 0 Å². The Balaban J connectivity index is 2.48. The SMILES string of the molecule is Cc1nsc(NS(=O)(=O)c2c(C)ccc(N)c2C)n1. The molecule has 102 valence electrons. The van der Waals surface area contributed by atoms with Crippen molar-refractivity contribution in [3.63, 3.8) is 0 Å². The molecule has 0 unspecified atom stereocenters. The summed E-state index contributed by atoms with van der Waals surface area (Å²) in [7, 11) is -3.71. The summed E-state index contributed by atoms with van der Waals surface area (Å²) < 4.78 is 31.1. The van der Waals surface area contributed by atoms with Crippen molar-refractivity contribution < 1.29 is 8.42 Å². The van der Waals surface area contributed by atoms with Gasteiger partial charge in [0.25, 0.3) is 10.0 Å². The van der Waals surface area contributed by atoms with Crippen molar-refractivity contribution in [2.24, 2.45) is 0 Å². The Morgan fingerprint density at radius 3 is 2.53 bits per heavy atom. The van der Waals surface area contributed by atoms with Crippen LogP contribution in [0, 0.1) is 20.8 Å². The molecule has 1 aromatic heterocycles. The zero-order valence-electron chi connectivity index (χ0n) is 10.8. The van der Waals surface area contributed by atoms with Gasteiger partial charge in [0.05, 0.1) is 4.90 Å². The standard InChI is InChI=1S/C11H14N4O2S2/c1-6-4-5-9(12)7(2)10(6)19(16,17)15-11-13-8(3)14-18-11/h4-5H,12H2,1-3H3,(H,13,14,15). The molecular formula is C11H14N4O2S2. The molecule has 0 radical (unpaired) electrons. The lowest BCUT2D eigenvalue weighted by molar-refractivity contribution is 0.600. The van der Waals surface area contributed by atoms with Gasteiger partial charge < -0.3 is 5.73 Å². The van der Waals surface area contributed by atoms with Gasteiger partial charge in [0.15, 0.2) is 0 Å². The van der Waals surface area contributed by atoms with Crippen LogP contribution in [-0.4, -0.2) is 17.8 Å². The summed E-state index contributed by atoms with van der Waals surface area (Å²) in [5, 5.41) is 0.249. The average Bonchev–Trinajstić information content (AvgIpc) is 2.68. The number of aryl methyl sites for hydroxylation is 2. The van der Waals surface area contributed by atoms with E-state index in [0.29, 0.717) is 22.6 Å². The van der Waals surface area contributed by atoms with Crippen molar-refractivity contribution in [2.75, 3.05) is 10.5 Å². The minimum atomic E-state index is -3.71. The van der Waals surface area contributed by atoms with E-state index in [1.54, 1.807) is 32.9 Å². The molecule has 0 bridgehead atoms. The summed E-state index contributed by atoms with van der Waals surface area (Å²) in [4.78, 5) is 4.18. The first-order valence-corrected chi connectivity index (χ1v) is 7.76. The number of nitrogens with one attached hydrogen (secondary N) is 1. The number of hydrogen-bond donors (Lipinski definition) is 2. The van der Waals surface area contributed by atoms with E-state index in [1.807, 2.05) is 0 Å². The van der Waals surface area contributed by atoms with E-state index in [1.165, 1.54) is 0 Å². The number of aromatic nitrogens is 2. The van der Waals surface area contributed by atoms with Gasteiger partial charge in [-0.05, 0) is 38.0 Å². The summed E-state index contributed by atoms with van der Waals surface area (Å²) in [5.41, 5.74) is 7.39. The van der Waals surface area contributed by atoms with E-state index in [2.05, 4.69) is 14.1 Å². The van der Waals surface area contributed by atoms with Crippen LogP contribution in [0.3, 0.4) is 0 Å². The molecule has 2 rings (SSSR count). The van der Waals surface area contributed by atoms with Gasteiger partial charge in [0.2, 0.25) is 5.13 Å². The molecular weight excluding hydrogens is 284 g/mol. The van der Waals surface area contributed by atoms with Crippen molar-refractivity contribution >= 4 is 32.4 Å². The number of sulfonamides is 1. The Hall–Kier alpha value is -1.67. The number of rotatable bonds is 3. The number of nitrogens with two attached hydrogens (primary N) is 1. The molecule has 0 atom stereocenters. The van der Waals surface area contributed by atoms with Crippen molar-refractivity contribution in [3.8, 4) is 0 Å². The highest BCUT2D eigenvalue weighted by molar-refractivity contribution is 7.93. The van der Waals surface area contributed by atoms with Crippen LogP contribution in [0.5, 0.6) is 0 Å². The van der Waals surface area contributed by atoms with Crippen LogP contribution in [0.1, 0.15) is 17.0 Å². The lowest BCUT2D eigenvalue weighted by atomic mass is 10.1. The molecule has 19 heavy (non-hydrogen) atoms. The third kappa shape index (κ3) is 2.69. The summed E-state index contributed by atoms with van der Waals surface area (Å²) >= 11 is 1.00. The second kappa shape index (κ2) is 4.78. The largest absolute Gasteiger partial charge is 0.398 e. The quantitative estimate of drug-likeness (QED) is 0.843. The summed E-state index contributed by atoms with van der Waals surface area (Å²) in [6, 6.07) is 3.38. The Morgan fingerprint density at radius 2 is 1.95 bits per heavy atom. The Labute approximate surface area is 115 Å². The summed E-state index contributed by atoms with van der Waals surface area (Å²) in [6.07, 6.45) is 0. The zero-order valence-corrected chi connectivity index (χ0v) is 12.4. The topological polar surface area (TPSA) is 98.0 Å². The van der Waals surface area contributed by atoms with Gasteiger partial charge in [-0.25, -0.2) is 13.4 Å². The van der Waals surface area contributed by atoms with Gasteiger partial charge in [0.1, 0.15) is 5.82 Å². The number of nitrogens with zero attached hydrogens (tertiary/aromatic N) is 2. The molecule has 3 N–H and O–H groups in total. The molecule has 0 amide bonds. The van der Waals surface area contributed by atoms with Gasteiger partial charge >= 0.3 is 0 Å². The molecule has 0 fully saturated rings. The molecule has 0 aliphatic carbocycles. The number of anilines is 2. The fourth-order valence-electron chi connectivity index (χ4n) is 1.76. The maximum Gasteiger partial charge on any atom is 0.264 e. The fraction of sp³-hybridized carbons (Fsp3) is 0.273. The van der Waals surface area contributed by atoms with Crippen LogP contribution in [0.4, 0.5) is 10.8 Å². The monoisotopic (exact) mass is 298 g/mol. The highest BCUT2D eigenvalue weighted by Gasteiger charge is 2.22. The normalized spacial score (nSPS) is 11.5. The highest BCUT2D eigenvalue weighted by atomic mass is 32.2. The van der Waals surface area contributed by atoms with E-state index in [4.69, 9.17) is 5.73 Å². The second-order valence-electron chi connectivity index (χ2n) is 4.18. The first-order valence-electron chi connectivity index (χ1n) is 5.50. The second-order valence-corrected chi connectivity index (χ2v) is 6.55. The van der Waals surface area contributed by atoms with Gasteiger partial charge in [-0.2, -0.15) is 4.37 Å². The van der Waals surface area contributed by atoms with Crippen molar-refractivity contribution in [1.82, 2.24) is 9.36 Å². The van der Waals surface area contributed by atoms with Crippen LogP contribution < -0.4 is 10.5 Å². The van der Waals surface area contributed by atoms with Crippen molar-refractivity contribution in [3.05, 3.63) is 29.1 Å². The number of hydrogen-bond acceptors (Lipinski definition) is 6. The van der Waals surface area contributed by atoms with E-state index < -0.39 is 10.0 Å². The van der Waals surface area contributed by atoms with Crippen LogP contribution in [0.25, 0.3) is 0 Å². The Morgan fingerprint density at radius 1 is 1.26 bits per heavy atom. The van der Waals surface area contributed by atoms with E-state index in [9.17, 15) is 8.42 Å². The van der Waals surface area contributed by atoms with Gasteiger partial charge in [0, 0.05) is 17.2 Å². The van der Waals surface area contributed by atoms with Crippen LogP contribution in [-0.2, 0) is 10.0 Å². The van der Waals surface area contributed by atoms with Crippen LogP contribution in [0.2, 0.25) is 0 Å². The maximum atomic E-state index is 12.4. The molecule has 0 saturated carbocycles. The van der Waals surface area contributed by atoms with Gasteiger partial charge in [-0.3, -0.25) is 4.72 Å². The summed E-state index contributed by atoms with van der Waals surface area (Å²) in [6.45, 7) is 5.11. The third-order valence-electron chi connectivity index (χ3n) is 2.66. The Kier molecular flexibility index (Phi) is 3.46. The molecule has 2 aromatic rings. The zero-order chi connectivity index (χ0) is 14.2. The van der Waals surface area contributed by atoms with E-state index in [-0.39, 0.29) is 10.0 Å². The molecule has 1 heterocycles. The first kappa shape index (κ1) is 13.8. The van der Waals surface area contributed by atoms with Crippen molar-refractivity contribution in [1.29, 1.82) is 0 Å². The van der Waals surface area contributed by atoms with Crippen LogP contribution in [0.15, 0.2) is 17.0 Å². The summed E-state index contributed by atoms with van der Waals surface area (Å²) in [5.74, 6) is 0.531. The smallest absolute Gasteiger partial charge is 0.264 e. The maximum absolute atomic E-state index is 12.4. The molecule has 8 heteroatoms.